The van der Waals surface area contributed by atoms with Crippen molar-refractivity contribution in [2.45, 2.75) is 18.4 Å². The number of benzene rings is 1. The number of anilines is 1. The van der Waals surface area contributed by atoms with Crippen LogP contribution in [0.1, 0.15) is 12.8 Å². The maximum atomic E-state index is 6.01. The third-order valence-electron chi connectivity index (χ3n) is 3.41. The number of aliphatic imine (C=N–C) groups is 1. The Hall–Kier alpha value is -0.420. The van der Waals surface area contributed by atoms with E-state index in [0.717, 1.165) is 42.7 Å². The molecule has 1 spiro atoms. The molecule has 3 nitrogen and oxygen atoms in total. The Balaban J connectivity index is 1.73. The molecule has 102 valence electrons. The molecule has 1 saturated heterocycles. The Morgan fingerprint density at radius 1 is 1.21 bits per heavy atom. The molecular weight excluding hydrogens is 303 g/mol. The van der Waals surface area contributed by atoms with E-state index in [9.17, 15) is 0 Å². The van der Waals surface area contributed by atoms with Crippen LogP contribution in [0.25, 0.3) is 0 Å². The molecule has 2 aliphatic heterocycles. The molecule has 6 heteroatoms. The van der Waals surface area contributed by atoms with Gasteiger partial charge in [-0.2, -0.15) is 0 Å². The number of rotatable bonds is 1. The van der Waals surface area contributed by atoms with E-state index in [-0.39, 0.29) is 5.54 Å². The van der Waals surface area contributed by atoms with Crippen molar-refractivity contribution < 1.29 is 4.74 Å². The van der Waals surface area contributed by atoms with Gasteiger partial charge in [0.1, 0.15) is 0 Å². The molecule has 0 amide bonds. The largest absolute Gasteiger partial charge is 0.381 e. The van der Waals surface area contributed by atoms with Crippen molar-refractivity contribution in [3.8, 4) is 0 Å². The lowest BCUT2D eigenvalue weighted by Crippen LogP contribution is -2.34. The fourth-order valence-electron chi connectivity index (χ4n) is 2.25. The quantitative estimate of drug-likeness (QED) is 0.848. The van der Waals surface area contributed by atoms with Crippen LogP contribution in [0.15, 0.2) is 23.2 Å². The fraction of sp³-hybridized carbons (Fsp3) is 0.462. The first kappa shape index (κ1) is 13.6. The van der Waals surface area contributed by atoms with Crippen LogP contribution in [0.4, 0.5) is 5.69 Å². The van der Waals surface area contributed by atoms with E-state index in [0.29, 0.717) is 10.0 Å². The molecule has 3 rings (SSSR count). The van der Waals surface area contributed by atoms with Crippen molar-refractivity contribution in [3.05, 3.63) is 28.2 Å². The van der Waals surface area contributed by atoms with Gasteiger partial charge in [0, 0.05) is 24.7 Å². The fourth-order valence-corrected chi connectivity index (χ4v) is 3.76. The van der Waals surface area contributed by atoms with Crippen LogP contribution >= 0.6 is 35.0 Å². The molecule has 1 aromatic rings. The molecule has 1 aromatic carbocycles. The predicted octanol–water partition coefficient (Wildman–Crippen LogP) is 4.06. The standard InChI is InChI=1S/C13H14Cl2N2OS/c14-10-2-1-9(7-11(10)15)16-12-17-13(8-19-12)3-5-18-6-4-13/h1-2,7H,3-6,8H2,(H,16,17). The SMILES string of the molecule is Clc1ccc(NC2=NC3(CCOCC3)CS2)cc1Cl. The molecule has 0 atom stereocenters. The Morgan fingerprint density at radius 3 is 2.74 bits per heavy atom. The second-order valence-corrected chi connectivity index (χ2v) is 6.57. The Labute approximate surface area is 126 Å². The van der Waals surface area contributed by atoms with E-state index in [1.807, 2.05) is 12.1 Å². The normalized spacial score (nSPS) is 21.5. The maximum Gasteiger partial charge on any atom is 0.161 e. The molecule has 2 heterocycles. The highest BCUT2D eigenvalue weighted by atomic mass is 35.5. The van der Waals surface area contributed by atoms with Crippen LogP contribution < -0.4 is 5.32 Å². The zero-order valence-corrected chi connectivity index (χ0v) is 12.6. The van der Waals surface area contributed by atoms with Crippen molar-refractivity contribution in [2.75, 3.05) is 24.3 Å². The monoisotopic (exact) mass is 316 g/mol. The van der Waals surface area contributed by atoms with Crippen LogP contribution in [0, 0.1) is 0 Å². The van der Waals surface area contributed by atoms with Gasteiger partial charge in [-0.05, 0) is 31.0 Å². The molecular formula is C13H14Cl2N2OS. The Morgan fingerprint density at radius 2 is 2.00 bits per heavy atom. The topological polar surface area (TPSA) is 33.6 Å². The number of ether oxygens (including phenoxy) is 1. The van der Waals surface area contributed by atoms with Crippen molar-refractivity contribution in [3.63, 3.8) is 0 Å². The average Bonchev–Trinajstić information content (AvgIpc) is 2.78. The number of nitrogens with one attached hydrogen (secondary N) is 1. The summed E-state index contributed by atoms with van der Waals surface area (Å²) in [5.74, 6) is 1.03. The summed E-state index contributed by atoms with van der Waals surface area (Å²) in [7, 11) is 0. The van der Waals surface area contributed by atoms with E-state index >= 15 is 0 Å². The van der Waals surface area contributed by atoms with E-state index in [2.05, 4.69) is 5.32 Å². The average molecular weight is 317 g/mol. The van der Waals surface area contributed by atoms with Gasteiger partial charge < -0.3 is 10.1 Å². The van der Waals surface area contributed by atoms with Crippen LogP contribution in [0.2, 0.25) is 10.0 Å². The summed E-state index contributed by atoms with van der Waals surface area (Å²) >= 11 is 13.7. The number of hydrogen-bond acceptors (Lipinski definition) is 4. The Bertz CT molecular complexity index is 515. The summed E-state index contributed by atoms with van der Waals surface area (Å²) in [4.78, 5) is 4.84. The molecule has 19 heavy (non-hydrogen) atoms. The van der Waals surface area contributed by atoms with Crippen molar-refractivity contribution in [1.29, 1.82) is 0 Å². The minimum absolute atomic E-state index is 0.0709. The summed E-state index contributed by atoms with van der Waals surface area (Å²) < 4.78 is 5.41. The summed E-state index contributed by atoms with van der Waals surface area (Å²) in [5.41, 5.74) is 0.992. The van der Waals surface area contributed by atoms with Gasteiger partial charge in [0.15, 0.2) is 5.17 Å². The lowest BCUT2D eigenvalue weighted by atomic mass is 9.93. The van der Waals surface area contributed by atoms with Crippen LogP contribution in [-0.4, -0.2) is 29.7 Å². The zero-order chi connectivity index (χ0) is 13.3. The number of amidine groups is 1. The van der Waals surface area contributed by atoms with Gasteiger partial charge in [-0.1, -0.05) is 35.0 Å². The smallest absolute Gasteiger partial charge is 0.161 e. The molecule has 0 aliphatic carbocycles. The first-order valence-electron chi connectivity index (χ1n) is 6.19. The molecule has 0 radical (unpaired) electrons. The first-order chi connectivity index (χ1) is 9.17. The minimum Gasteiger partial charge on any atom is -0.381 e. The molecule has 0 saturated carbocycles. The molecule has 1 fully saturated rings. The van der Waals surface area contributed by atoms with Gasteiger partial charge >= 0.3 is 0 Å². The maximum absolute atomic E-state index is 6.01. The van der Waals surface area contributed by atoms with E-state index in [1.165, 1.54) is 0 Å². The van der Waals surface area contributed by atoms with Crippen molar-refractivity contribution in [1.82, 2.24) is 0 Å². The summed E-state index contributed by atoms with van der Waals surface area (Å²) in [6.45, 7) is 1.62. The summed E-state index contributed by atoms with van der Waals surface area (Å²) in [5, 5.41) is 5.38. The Kier molecular flexibility index (Phi) is 3.94. The molecule has 0 bridgehead atoms. The highest BCUT2D eigenvalue weighted by Gasteiger charge is 2.37. The minimum atomic E-state index is 0.0709. The van der Waals surface area contributed by atoms with Gasteiger partial charge in [0.25, 0.3) is 0 Å². The number of hydrogen-bond donors (Lipinski definition) is 1. The van der Waals surface area contributed by atoms with Crippen LogP contribution in [0.5, 0.6) is 0 Å². The third kappa shape index (κ3) is 3.02. The van der Waals surface area contributed by atoms with E-state index in [1.54, 1.807) is 17.8 Å². The zero-order valence-electron chi connectivity index (χ0n) is 10.3. The van der Waals surface area contributed by atoms with Crippen molar-refractivity contribution in [2.24, 2.45) is 4.99 Å². The van der Waals surface area contributed by atoms with Crippen LogP contribution in [-0.2, 0) is 4.74 Å². The molecule has 1 N–H and O–H groups in total. The van der Waals surface area contributed by atoms with Gasteiger partial charge in [0.05, 0.1) is 15.6 Å². The number of thioether (sulfide) groups is 1. The van der Waals surface area contributed by atoms with Gasteiger partial charge in [-0.15, -0.1) is 0 Å². The van der Waals surface area contributed by atoms with Gasteiger partial charge in [-0.3, -0.25) is 4.99 Å². The summed E-state index contributed by atoms with van der Waals surface area (Å²) in [6, 6.07) is 5.52. The van der Waals surface area contributed by atoms with Crippen LogP contribution in [0.3, 0.4) is 0 Å². The van der Waals surface area contributed by atoms with Gasteiger partial charge in [0.2, 0.25) is 0 Å². The van der Waals surface area contributed by atoms with Crippen molar-refractivity contribution >= 4 is 45.8 Å². The first-order valence-corrected chi connectivity index (χ1v) is 7.94. The lowest BCUT2D eigenvalue weighted by Gasteiger charge is -2.29. The number of nitrogens with zero attached hydrogens (tertiary/aromatic N) is 1. The number of halogens is 2. The second kappa shape index (κ2) is 5.52. The lowest BCUT2D eigenvalue weighted by molar-refractivity contribution is 0.0624. The van der Waals surface area contributed by atoms with E-state index < -0.39 is 0 Å². The summed E-state index contributed by atoms with van der Waals surface area (Å²) in [6.07, 6.45) is 2.01. The molecule has 2 aliphatic rings. The highest BCUT2D eigenvalue weighted by Crippen LogP contribution is 2.36. The van der Waals surface area contributed by atoms with Gasteiger partial charge in [-0.25, -0.2) is 0 Å². The highest BCUT2D eigenvalue weighted by molar-refractivity contribution is 8.14. The molecule has 0 unspecified atom stereocenters. The second-order valence-electron chi connectivity index (χ2n) is 4.80. The van der Waals surface area contributed by atoms with E-state index in [4.69, 9.17) is 32.9 Å². The predicted molar refractivity (Wildman–Crippen MR) is 82.8 cm³/mol. The third-order valence-corrected chi connectivity index (χ3v) is 5.30. The molecule has 0 aromatic heterocycles.